The highest BCUT2D eigenvalue weighted by atomic mass is 32.2. The molecule has 3 rings (SSSR count). The summed E-state index contributed by atoms with van der Waals surface area (Å²) in [7, 11) is -3.53. The van der Waals surface area contributed by atoms with Crippen molar-refractivity contribution in [1.29, 1.82) is 0 Å². The summed E-state index contributed by atoms with van der Waals surface area (Å²) in [5.74, 6) is -0.0765. The van der Waals surface area contributed by atoms with Crippen molar-refractivity contribution in [3.05, 3.63) is 71.8 Å². The number of carbonyl (C=O) groups excluding carboxylic acids is 1. The SMILES string of the molecule is CC(=O)c1ccc(S(=O)(=O)N2CC=C(c3ccccc3)CC2)cc1. The Morgan fingerprint density at radius 1 is 1.00 bits per heavy atom. The lowest BCUT2D eigenvalue weighted by Gasteiger charge is -2.26. The third-order valence-electron chi connectivity index (χ3n) is 4.22. The molecule has 0 fully saturated rings. The fraction of sp³-hybridized carbons (Fsp3) is 0.211. The number of nitrogens with zero attached hydrogens (tertiary/aromatic N) is 1. The van der Waals surface area contributed by atoms with Crippen LogP contribution < -0.4 is 0 Å². The minimum atomic E-state index is -3.53. The zero-order chi connectivity index (χ0) is 17.2. The molecule has 124 valence electrons. The maximum atomic E-state index is 12.7. The van der Waals surface area contributed by atoms with Crippen LogP contribution in [0.4, 0.5) is 0 Å². The van der Waals surface area contributed by atoms with Gasteiger partial charge in [0.15, 0.2) is 5.78 Å². The largest absolute Gasteiger partial charge is 0.295 e. The predicted octanol–water partition coefficient (Wildman–Crippen LogP) is 3.37. The lowest BCUT2D eigenvalue weighted by atomic mass is 10.0. The van der Waals surface area contributed by atoms with Gasteiger partial charge < -0.3 is 0 Å². The van der Waals surface area contributed by atoms with E-state index in [1.54, 1.807) is 12.1 Å². The zero-order valence-corrected chi connectivity index (χ0v) is 14.3. The molecule has 0 saturated heterocycles. The van der Waals surface area contributed by atoms with Crippen LogP contribution in [0.2, 0.25) is 0 Å². The Morgan fingerprint density at radius 3 is 2.21 bits per heavy atom. The zero-order valence-electron chi connectivity index (χ0n) is 13.5. The topological polar surface area (TPSA) is 54.5 Å². The smallest absolute Gasteiger partial charge is 0.243 e. The van der Waals surface area contributed by atoms with Crippen molar-refractivity contribution >= 4 is 21.4 Å². The second kappa shape index (κ2) is 6.71. The van der Waals surface area contributed by atoms with E-state index in [9.17, 15) is 13.2 Å². The van der Waals surface area contributed by atoms with E-state index in [2.05, 4.69) is 0 Å². The molecule has 0 atom stereocenters. The number of hydrogen-bond acceptors (Lipinski definition) is 3. The van der Waals surface area contributed by atoms with Gasteiger partial charge in [-0.05, 0) is 36.6 Å². The second-order valence-corrected chi connectivity index (χ2v) is 7.73. The van der Waals surface area contributed by atoms with Gasteiger partial charge >= 0.3 is 0 Å². The van der Waals surface area contributed by atoms with E-state index < -0.39 is 10.0 Å². The molecule has 24 heavy (non-hydrogen) atoms. The number of rotatable bonds is 4. The number of Topliss-reactive ketones (excluding diaryl/α,β-unsaturated/α-hetero) is 1. The molecule has 0 aromatic heterocycles. The van der Waals surface area contributed by atoms with Gasteiger partial charge in [-0.1, -0.05) is 48.5 Å². The standard InChI is InChI=1S/C19H19NO3S/c1-15(21)16-7-9-19(10-8-16)24(22,23)20-13-11-18(12-14-20)17-5-3-2-4-6-17/h2-11H,12-14H2,1H3. The summed E-state index contributed by atoms with van der Waals surface area (Å²) >= 11 is 0. The van der Waals surface area contributed by atoms with Gasteiger partial charge in [0.2, 0.25) is 10.0 Å². The number of hydrogen-bond donors (Lipinski definition) is 0. The lowest BCUT2D eigenvalue weighted by Crippen LogP contribution is -2.34. The monoisotopic (exact) mass is 341 g/mol. The van der Waals surface area contributed by atoms with Gasteiger partial charge in [-0.2, -0.15) is 4.31 Å². The van der Waals surface area contributed by atoms with Crippen LogP contribution in [-0.2, 0) is 10.0 Å². The number of benzene rings is 2. The van der Waals surface area contributed by atoms with Crippen LogP contribution in [0.15, 0.2) is 65.6 Å². The van der Waals surface area contributed by atoms with Gasteiger partial charge in [-0.3, -0.25) is 4.79 Å². The minimum Gasteiger partial charge on any atom is -0.295 e. The van der Waals surface area contributed by atoms with Crippen LogP contribution in [-0.4, -0.2) is 31.6 Å². The first-order valence-electron chi connectivity index (χ1n) is 7.84. The normalized spacial score (nSPS) is 15.8. The van der Waals surface area contributed by atoms with Crippen LogP contribution in [0.3, 0.4) is 0 Å². The van der Waals surface area contributed by atoms with Crippen LogP contribution in [0.5, 0.6) is 0 Å². The molecule has 0 bridgehead atoms. The van der Waals surface area contributed by atoms with E-state index in [-0.39, 0.29) is 10.7 Å². The number of ketones is 1. The van der Waals surface area contributed by atoms with Crippen molar-refractivity contribution in [2.75, 3.05) is 13.1 Å². The molecule has 5 heteroatoms. The summed E-state index contributed by atoms with van der Waals surface area (Å²) in [4.78, 5) is 11.5. The second-order valence-electron chi connectivity index (χ2n) is 5.79. The quantitative estimate of drug-likeness (QED) is 0.801. The van der Waals surface area contributed by atoms with Gasteiger partial charge in [0.1, 0.15) is 0 Å². The van der Waals surface area contributed by atoms with Gasteiger partial charge in [0, 0.05) is 18.7 Å². The molecular formula is C19H19NO3S. The van der Waals surface area contributed by atoms with Crippen LogP contribution in [0, 0.1) is 0 Å². The van der Waals surface area contributed by atoms with E-state index in [4.69, 9.17) is 0 Å². The minimum absolute atomic E-state index is 0.0765. The molecule has 2 aromatic rings. The van der Waals surface area contributed by atoms with Crippen molar-refractivity contribution in [3.8, 4) is 0 Å². The molecule has 0 saturated carbocycles. The van der Waals surface area contributed by atoms with E-state index in [0.29, 0.717) is 25.1 Å². The highest BCUT2D eigenvalue weighted by Gasteiger charge is 2.26. The Bertz CT molecular complexity index is 869. The summed E-state index contributed by atoms with van der Waals surface area (Å²) in [5.41, 5.74) is 2.83. The first-order chi connectivity index (χ1) is 11.5. The summed E-state index contributed by atoms with van der Waals surface area (Å²) in [6.45, 7) is 2.28. The van der Waals surface area contributed by atoms with Gasteiger partial charge in [-0.15, -0.1) is 0 Å². The van der Waals surface area contributed by atoms with Crippen LogP contribution in [0.25, 0.3) is 5.57 Å². The average Bonchev–Trinajstić information content (AvgIpc) is 2.62. The third-order valence-corrected chi connectivity index (χ3v) is 6.09. The molecule has 0 N–H and O–H groups in total. The maximum Gasteiger partial charge on any atom is 0.243 e. The predicted molar refractivity (Wildman–Crippen MR) is 94.2 cm³/mol. The summed E-state index contributed by atoms with van der Waals surface area (Å²) in [6, 6.07) is 16.1. The molecule has 0 radical (unpaired) electrons. The fourth-order valence-electron chi connectivity index (χ4n) is 2.79. The number of sulfonamides is 1. The molecule has 1 heterocycles. The molecule has 4 nitrogen and oxygen atoms in total. The summed E-state index contributed by atoms with van der Waals surface area (Å²) in [5, 5.41) is 0. The molecule has 2 aromatic carbocycles. The van der Waals surface area contributed by atoms with Crippen molar-refractivity contribution < 1.29 is 13.2 Å². The molecular weight excluding hydrogens is 322 g/mol. The Labute approximate surface area is 142 Å². The molecule has 0 amide bonds. The first kappa shape index (κ1) is 16.6. The molecule has 0 aliphatic carbocycles. The highest BCUT2D eigenvalue weighted by Crippen LogP contribution is 2.26. The molecule has 1 aliphatic heterocycles. The summed E-state index contributed by atoms with van der Waals surface area (Å²) in [6.07, 6.45) is 2.66. The van der Waals surface area contributed by atoms with Crippen molar-refractivity contribution in [2.24, 2.45) is 0 Å². The van der Waals surface area contributed by atoms with Gasteiger partial charge in [-0.25, -0.2) is 8.42 Å². The van der Waals surface area contributed by atoms with E-state index in [1.165, 1.54) is 28.9 Å². The van der Waals surface area contributed by atoms with Crippen molar-refractivity contribution in [1.82, 2.24) is 4.31 Å². The van der Waals surface area contributed by atoms with Crippen molar-refractivity contribution in [2.45, 2.75) is 18.2 Å². The Kier molecular flexibility index (Phi) is 4.64. The molecule has 0 unspecified atom stereocenters. The summed E-state index contributed by atoms with van der Waals surface area (Å²) < 4.78 is 26.9. The Balaban J connectivity index is 1.79. The van der Waals surface area contributed by atoms with Crippen LogP contribution in [0.1, 0.15) is 29.3 Å². The third kappa shape index (κ3) is 3.32. The molecule has 1 aliphatic rings. The van der Waals surface area contributed by atoms with Crippen molar-refractivity contribution in [3.63, 3.8) is 0 Å². The maximum absolute atomic E-state index is 12.7. The Hall–Kier alpha value is -2.24. The fourth-order valence-corrected chi connectivity index (χ4v) is 4.17. The average molecular weight is 341 g/mol. The number of carbonyl (C=O) groups is 1. The Morgan fingerprint density at radius 2 is 1.67 bits per heavy atom. The van der Waals surface area contributed by atoms with Crippen LogP contribution >= 0.6 is 0 Å². The van der Waals surface area contributed by atoms with Gasteiger partial charge in [0.25, 0.3) is 0 Å². The van der Waals surface area contributed by atoms with Gasteiger partial charge in [0.05, 0.1) is 4.90 Å². The highest BCUT2D eigenvalue weighted by molar-refractivity contribution is 7.89. The lowest BCUT2D eigenvalue weighted by molar-refractivity contribution is 0.101. The first-order valence-corrected chi connectivity index (χ1v) is 9.28. The molecule has 0 spiro atoms. The van der Waals surface area contributed by atoms with E-state index in [0.717, 1.165) is 5.56 Å². The van der Waals surface area contributed by atoms with E-state index >= 15 is 0 Å². The van der Waals surface area contributed by atoms with E-state index in [1.807, 2.05) is 36.4 Å².